The molecule has 0 saturated heterocycles. The van der Waals surface area contributed by atoms with E-state index >= 15 is 0 Å². The molecule has 0 fully saturated rings. The number of aromatic amines is 2. The summed E-state index contributed by atoms with van der Waals surface area (Å²) in [7, 11) is 2.82. The zero-order chi connectivity index (χ0) is 24.8. The SMILES string of the molecule is CCCCN(CCCC)c1nc(SSc2nc(N(CCCC)CCCC)[nH]c(=S)n2)nc(=S)[nH]1. The van der Waals surface area contributed by atoms with E-state index in [1.54, 1.807) is 0 Å². The highest BCUT2D eigenvalue weighted by atomic mass is 33.1. The van der Waals surface area contributed by atoms with E-state index in [1.807, 2.05) is 0 Å². The largest absolute Gasteiger partial charge is 0.342 e. The predicted molar refractivity (Wildman–Crippen MR) is 150 cm³/mol. The lowest BCUT2D eigenvalue weighted by Gasteiger charge is -2.23. The van der Waals surface area contributed by atoms with Crippen molar-refractivity contribution in [2.24, 2.45) is 0 Å². The second-order valence-electron chi connectivity index (χ2n) is 8.07. The Balaban J connectivity index is 2.19. The van der Waals surface area contributed by atoms with Crippen LogP contribution in [0.15, 0.2) is 10.3 Å². The van der Waals surface area contributed by atoms with Crippen molar-refractivity contribution >= 4 is 57.9 Å². The lowest BCUT2D eigenvalue weighted by atomic mass is 10.3. The fraction of sp³-hybridized carbons (Fsp3) is 0.727. The molecule has 0 aliphatic rings. The van der Waals surface area contributed by atoms with Gasteiger partial charge in [-0.1, -0.05) is 53.4 Å². The second-order valence-corrected chi connectivity index (χ2v) is 10.9. The molecule has 0 bridgehead atoms. The van der Waals surface area contributed by atoms with Gasteiger partial charge in [-0.05, 0) is 71.7 Å². The zero-order valence-electron chi connectivity index (χ0n) is 20.8. The first-order valence-electron chi connectivity index (χ1n) is 12.3. The van der Waals surface area contributed by atoms with E-state index < -0.39 is 0 Å². The highest BCUT2D eigenvalue weighted by Crippen LogP contribution is 2.34. The summed E-state index contributed by atoms with van der Waals surface area (Å²) in [6.07, 6.45) is 8.96. The maximum absolute atomic E-state index is 5.40. The van der Waals surface area contributed by atoms with E-state index in [-0.39, 0.29) is 0 Å². The number of rotatable bonds is 17. The van der Waals surface area contributed by atoms with E-state index in [1.165, 1.54) is 21.6 Å². The van der Waals surface area contributed by atoms with Crippen LogP contribution in [0.2, 0.25) is 0 Å². The quantitative estimate of drug-likeness (QED) is 0.161. The molecule has 190 valence electrons. The molecule has 0 saturated carbocycles. The Morgan fingerprint density at radius 1 is 0.588 bits per heavy atom. The lowest BCUT2D eigenvalue weighted by molar-refractivity contribution is 0.653. The van der Waals surface area contributed by atoms with Gasteiger partial charge in [-0.15, -0.1) is 0 Å². The summed E-state index contributed by atoms with van der Waals surface area (Å²) >= 11 is 10.8. The first-order chi connectivity index (χ1) is 16.5. The van der Waals surface area contributed by atoms with Crippen LogP contribution in [0.4, 0.5) is 11.9 Å². The number of H-pyrrole nitrogens is 2. The predicted octanol–water partition coefficient (Wildman–Crippen LogP) is 6.99. The summed E-state index contributed by atoms with van der Waals surface area (Å²) in [5, 5.41) is 1.19. The van der Waals surface area contributed by atoms with Crippen LogP contribution >= 0.6 is 46.0 Å². The van der Waals surface area contributed by atoms with Gasteiger partial charge in [-0.2, -0.15) is 19.9 Å². The minimum Gasteiger partial charge on any atom is -0.342 e. The van der Waals surface area contributed by atoms with Crippen molar-refractivity contribution in [3.05, 3.63) is 9.54 Å². The molecule has 0 aliphatic heterocycles. The third-order valence-corrected chi connectivity index (χ3v) is 7.43. The minimum absolute atomic E-state index is 0.434. The Hall–Kier alpha value is -1.24. The highest BCUT2D eigenvalue weighted by molar-refractivity contribution is 8.76. The molecular weight excluding hydrogens is 505 g/mol. The van der Waals surface area contributed by atoms with Crippen molar-refractivity contribution in [2.45, 2.75) is 89.4 Å². The van der Waals surface area contributed by atoms with Crippen LogP contribution in [0, 0.1) is 9.54 Å². The molecule has 0 spiro atoms. The van der Waals surface area contributed by atoms with Crippen LogP contribution in [0.5, 0.6) is 0 Å². The van der Waals surface area contributed by atoms with E-state index in [0.29, 0.717) is 19.9 Å². The van der Waals surface area contributed by atoms with Gasteiger partial charge in [0.1, 0.15) is 0 Å². The highest BCUT2D eigenvalue weighted by Gasteiger charge is 2.14. The molecule has 0 radical (unpaired) electrons. The number of anilines is 2. The molecule has 0 unspecified atom stereocenters. The summed E-state index contributed by atoms with van der Waals surface area (Å²) in [6, 6.07) is 0. The smallest absolute Gasteiger partial charge is 0.207 e. The van der Waals surface area contributed by atoms with Gasteiger partial charge in [-0.25, -0.2) is 0 Å². The maximum atomic E-state index is 5.40. The van der Waals surface area contributed by atoms with Crippen LogP contribution in [0.1, 0.15) is 79.1 Å². The molecule has 0 atom stereocenters. The third kappa shape index (κ3) is 10.2. The van der Waals surface area contributed by atoms with Crippen LogP contribution in [-0.2, 0) is 0 Å². The number of nitrogens with zero attached hydrogens (tertiary/aromatic N) is 6. The number of unbranched alkanes of at least 4 members (excludes halogenated alkanes) is 4. The summed E-state index contributed by atoms with van der Waals surface area (Å²) in [5.41, 5.74) is 0. The van der Waals surface area contributed by atoms with Gasteiger partial charge < -0.3 is 19.8 Å². The third-order valence-electron chi connectivity index (χ3n) is 5.15. The maximum Gasteiger partial charge on any atom is 0.207 e. The molecular formula is C22H38N8S4. The molecule has 2 aromatic rings. The van der Waals surface area contributed by atoms with Crippen molar-refractivity contribution in [3.8, 4) is 0 Å². The summed E-state index contributed by atoms with van der Waals surface area (Å²) in [5.74, 6) is 1.56. The van der Waals surface area contributed by atoms with Gasteiger partial charge in [0, 0.05) is 26.2 Å². The standard InChI is InChI=1S/C22H38N8S4/c1-5-9-13-29(14-10-6-2)17-23-19(31)27-21(25-17)33-34-22-26-18(24-20(32)28-22)30(15-11-7-3)16-12-8-4/h5-16H2,1-4H3,(H,23,25,27,31)(H,24,26,28,32). The summed E-state index contributed by atoms with van der Waals surface area (Å²) in [6.45, 7) is 12.6. The average molecular weight is 543 g/mol. The van der Waals surface area contributed by atoms with E-state index in [0.717, 1.165) is 89.4 Å². The molecule has 0 aliphatic carbocycles. The van der Waals surface area contributed by atoms with Crippen molar-refractivity contribution < 1.29 is 0 Å². The molecule has 2 aromatic heterocycles. The van der Waals surface area contributed by atoms with Crippen molar-refractivity contribution in [1.82, 2.24) is 29.9 Å². The number of aromatic nitrogens is 6. The summed E-state index contributed by atoms with van der Waals surface area (Å²) < 4.78 is 0.867. The monoisotopic (exact) mass is 542 g/mol. The zero-order valence-corrected chi connectivity index (χ0v) is 24.1. The van der Waals surface area contributed by atoms with E-state index in [9.17, 15) is 0 Å². The van der Waals surface area contributed by atoms with Crippen molar-refractivity contribution in [2.75, 3.05) is 36.0 Å². The van der Waals surface area contributed by atoms with Crippen LogP contribution in [-0.4, -0.2) is 56.1 Å². The van der Waals surface area contributed by atoms with Gasteiger partial charge in [0.15, 0.2) is 0 Å². The summed E-state index contributed by atoms with van der Waals surface area (Å²) in [4.78, 5) is 29.2. The van der Waals surface area contributed by atoms with E-state index in [2.05, 4.69) is 57.4 Å². The van der Waals surface area contributed by atoms with Gasteiger partial charge in [0.25, 0.3) is 0 Å². The molecule has 2 heterocycles. The Morgan fingerprint density at radius 3 is 1.21 bits per heavy atom. The van der Waals surface area contributed by atoms with Crippen LogP contribution in [0.25, 0.3) is 0 Å². The molecule has 0 amide bonds. The number of hydrogen-bond donors (Lipinski definition) is 2. The van der Waals surface area contributed by atoms with Crippen LogP contribution in [0.3, 0.4) is 0 Å². The first kappa shape index (κ1) is 29.0. The van der Waals surface area contributed by atoms with Gasteiger partial charge in [0.05, 0.1) is 0 Å². The van der Waals surface area contributed by atoms with E-state index in [4.69, 9.17) is 34.4 Å². The molecule has 12 heteroatoms. The normalized spacial score (nSPS) is 11.1. The lowest BCUT2D eigenvalue weighted by Crippen LogP contribution is -2.28. The first-order valence-corrected chi connectivity index (χ1v) is 15.3. The Morgan fingerprint density at radius 2 is 0.912 bits per heavy atom. The Kier molecular flexibility index (Phi) is 14.0. The number of hydrogen-bond acceptors (Lipinski definition) is 10. The molecule has 34 heavy (non-hydrogen) atoms. The fourth-order valence-electron chi connectivity index (χ4n) is 3.20. The van der Waals surface area contributed by atoms with Gasteiger partial charge in [-0.3, -0.25) is 0 Å². The average Bonchev–Trinajstić information content (AvgIpc) is 2.82. The van der Waals surface area contributed by atoms with Crippen molar-refractivity contribution in [3.63, 3.8) is 0 Å². The molecule has 8 nitrogen and oxygen atoms in total. The molecule has 2 rings (SSSR count). The Bertz CT molecular complexity index is 871. The fourth-order valence-corrected chi connectivity index (χ4v) is 5.22. The van der Waals surface area contributed by atoms with Crippen LogP contribution < -0.4 is 9.80 Å². The molecule has 2 N–H and O–H groups in total. The topological polar surface area (TPSA) is 89.6 Å². The molecule has 0 aromatic carbocycles. The Labute approximate surface area is 222 Å². The second kappa shape index (κ2) is 16.4. The van der Waals surface area contributed by atoms with Gasteiger partial charge >= 0.3 is 0 Å². The number of nitrogens with one attached hydrogen (secondary N) is 2. The van der Waals surface area contributed by atoms with Gasteiger partial charge in [0.2, 0.25) is 31.8 Å². The van der Waals surface area contributed by atoms with Crippen molar-refractivity contribution in [1.29, 1.82) is 0 Å². The minimum atomic E-state index is 0.434.